The molecule has 1 N–H and O–H groups in total. The van der Waals surface area contributed by atoms with E-state index in [2.05, 4.69) is 22.1 Å². The number of rotatable bonds is 6. The first-order valence-corrected chi connectivity index (χ1v) is 9.87. The summed E-state index contributed by atoms with van der Waals surface area (Å²) in [6.45, 7) is 4.88. The van der Waals surface area contributed by atoms with Crippen LogP contribution in [0.25, 0.3) is 0 Å². The Morgan fingerprint density at radius 3 is 2.58 bits per heavy atom. The molecule has 2 heterocycles. The molecule has 1 aliphatic carbocycles. The van der Waals surface area contributed by atoms with Gasteiger partial charge in [-0.3, -0.25) is 10.1 Å². The van der Waals surface area contributed by atoms with Gasteiger partial charge in [0, 0.05) is 37.8 Å². The van der Waals surface area contributed by atoms with Crippen LogP contribution >= 0.6 is 11.6 Å². The summed E-state index contributed by atoms with van der Waals surface area (Å²) in [5.41, 5.74) is -0.0222. The fourth-order valence-electron chi connectivity index (χ4n) is 4.10. The van der Waals surface area contributed by atoms with Crippen LogP contribution in [0.15, 0.2) is 12.1 Å². The number of nitrogens with zero attached hydrogens (tertiary/aromatic N) is 3. The van der Waals surface area contributed by atoms with Gasteiger partial charge in [-0.15, -0.1) is 0 Å². The second-order valence-electron chi connectivity index (χ2n) is 7.10. The highest BCUT2D eigenvalue weighted by atomic mass is 35.5. The molecule has 1 saturated carbocycles. The van der Waals surface area contributed by atoms with Crippen molar-refractivity contribution in [3.05, 3.63) is 27.4 Å². The predicted molar refractivity (Wildman–Crippen MR) is 102 cm³/mol. The Labute approximate surface area is 159 Å². The van der Waals surface area contributed by atoms with E-state index in [9.17, 15) is 10.1 Å². The topological polar surface area (TPSA) is 80.5 Å². The van der Waals surface area contributed by atoms with Crippen molar-refractivity contribution in [2.45, 2.75) is 63.6 Å². The molecule has 0 bridgehead atoms. The molecule has 144 valence electrons. The number of aromatic nitrogens is 1. The molecule has 2 fully saturated rings. The second kappa shape index (κ2) is 8.97. The molecule has 26 heavy (non-hydrogen) atoms. The lowest BCUT2D eigenvalue weighted by Crippen LogP contribution is -2.46. The summed E-state index contributed by atoms with van der Waals surface area (Å²) in [6.07, 6.45) is 7.04. The minimum absolute atomic E-state index is 0.0222. The first-order valence-electron chi connectivity index (χ1n) is 9.50. The van der Waals surface area contributed by atoms with E-state index in [1.807, 2.05) is 0 Å². The zero-order valence-electron chi connectivity index (χ0n) is 15.2. The molecule has 0 aromatic carbocycles. The van der Waals surface area contributed by atoms with Gasteiger partial charge in [-0.25, -0.2) is 4.98 Å². The third-order valence-corrected chi connectivity index (χ3v) is 5.68. The summed E-state index contributed by atoms with van der Waals surface area (Å²) in [5, 5.41) is 14.7. The lowest BCUT2D eigenvalue weighted by Gasteiger charge is -2.40. The zero-order valence-corrected chi connectivity index (χ0v) is 16.0. The van der Waals surface area contributed by atoms with Crippen LogP contribution in [0.2, 0.25) is 5.15 Å². The van der Waals surface area contributed by atoms with E-state index in [1.54, 1.807) is 0 Å². The average molecular weight is 383 g/mol. The van der Waals surface area contributed by atoms with Gasteiger partial charge >= 0.3 is 5.69 Å². The van der Waals surface area contributed by atoms with Crippen LogP contribution in [-0.4, -0.2) is 52.7 Å². The minimum Gasteiger partial charge on any atom is -0.379 e. The van der Waals surface area contributed by atoms with Crippen LogP contribution < -0.4 is 5.32 Å². The number of hydrogen-bond acceptors (Lipinski definition) is 6. The van der Waals surface area contributed by atoms with Crippen LogP contribution in [0.3, 0.4) is 0 Å². The monoisotopic (exact) mass is 382 g/mol. The zero-order chi connectivity index (χ0) is 18.5. The molecule has 0 amide bonds. The largest absolute Gasteiger partial charge is 0.379 e. The van der Waals surface area contributed by atoms with E-state index in [0.29, 0.717) is 12.1 Å². The van der Waals surface area contributed by atoms with E-state index < -0.39 is 4.92 Å². The molecule has 0 radical (unpaired) electrons. The molecular weight excluding hydrogens is 356 g/mol. The van der Waals surface area contributed by atoms with Crippen molar-refractivity contribution in [2.75, 3.05) is 25.0 Å². The maximum absolute atomic E-state index is 11.2. The summed E-state index contributed by atoms with van der Waals surface area (Å²) in [7, 11) is 0. The Hall–Kier alpha value is -1.44. The molecule has 1 aromatic heterocycles. The van der Waals surface area contributed by atoms with Gasteiger partial charge in [-0.05, 0) is 51.5 Å². The molecule has 1 saturated heterocycles. The van der Waals surface area contributed by atoms with Gasteiger partial charge < -0.3 is 15.0 Å². The molecule has 2 aliphatic rings. The fourth-order valence-corrected chi connectivity index (χ4v) is 4.24. The summed E-state index contributed by atoms with van der Waals surface area (Å²) in [4.78, 5) is 17.4. The van der Waals surface area contributed by atoms with Gasteiger partial charge in [0.15, 0.2) is 0 Å². The van der Waals surface area contributed by atoms with E-state index in [4.69, 9.17) is 16.3 Å². The minimum atomic E-state index is -0.419. The summed E-state index contributed by atoms with van der Waals surface area (Å²) >= 11 is 5.91. The molecule has 1 aromatic rings. The average Bonchev–Trinajstić information content (AvgIpc) is 2.63. The molecule has 8 heteroatoms. The number of nitro groups is 1. The normalized spacial score (nSPS) is 25.2. The lowest BCUT2D eigenvalue weighted by atomic mass is 9.90. The van der Waals surface area contributed by atoms with Gasteiger partial charge in [-0.2, -0.15) is 0 Å². The molecule has 7 nitrogen and oxygen atoms in total. The van der Waals surface area contributed by atoms with Gasteiger partial charge in [0.1, 0.15) is 5.15 Å². The molecule has 0 atom stereocenters. The fraction of sp³-hybridized carbons (Fsp3) is 0.722. The van der Waals surface area contributed by atoms with Crippen molar-refractivity contribution in [1.82, 2.24) is 9.88 Å². The second-order valence-corrected chi connectivity index (χ2v) is 7.49. The number of halogens is 1. The summed E-state index contributed by atoms with van der Waals surface area (Å²) in [5.74, 6) is 0.276. The number of likely N-dealkylation sites (tertiary alicyclic amines) is 1. The predicted octanol–water partition coefficient (Wildman–Crippen LogP) is 3.87. The molecule has 1 aliphatic heterocycles. The summed E-state index contributed by atoms with van der Waals surface area (Å²) < 4.78 is 5.74. The number of pyridine rings is 1. The van der Waals surface area contributed by atoms with Crippen molar-refractivity contribution < 1.29 is 9.66 Å². The Balaban J connectivity index is 1.50. The third kappa shape index (κ3) is 4.84. The Morgan fingerprint density at radius 2 is 1.96 bits per heavy atom. The standard InChI is InChI=1S/C18H27ClN4O3/c1-2-26-15-5-3-14(4-6-15)22-11-9-13(10-12-22)20-18-16(23(24)25)7-8-17(19)21-18/h7-8,13-15H,2-6,9-12H2,1H3,(H,20,21). The van der Waals surface area contributed by atoms with Crippen molar-refractivity contribution in [3.63, 3.8) is 0 Å². The first kappa shape index (κ1) is 19.3. The molecule has 0 unspecified atom stereocenters. The van der Waals surface area contributed by atoms with Gasteiger partial charge in [0.2, 0.25) is 5.82 Å². The Morgan fingerprint density at radius 1 is 1.27 bits per heavy atom. The van der Waals surface area contributed by atoms with Crippen LogP contribution in [-0.2, 0) is 4.74 Å². The highest BCUT2D eigenvalue weighted by molar-refractivity contribution is 6.29. The Kier molecular flexibility index (Phi) is 6.67. The van der Waals surface area contributed by atoms with Crippen LogP contribution in [0.1, 0.15) is 45.4 Å². The summed E-state index contributed by atoms with van der Waals surface area (Å²) in [6, 6.07) is 3.69. The smallest absolute Gasteiger partial charge is 0.311 e. The van der Waals surface area contributed by atoms with Gasteiger partial charge in [0.05, 0.1) is 11.0 Å². The van der Waals surface area contributed by atoms with Crippen LogP contribution in [0.5, 0.6) is 0 Å². The maximum atomic E-state index is 11.2. The van der Waals surface area contributed by atoms with Crippen molar-refractivity contribution >= 4 is 23.1 Å². The highest BCUT2D eigenvalue weighted by Crippen LogP contribution is 2.29. The number of nitrogens with one attached hydrogen (secondary N) is 1. The molecule has 0 spiro atoms. The molecule has 3 rings (SSSR count). The number of hydrogen-bond donors (Lipinski definition) is 1. The van der Waals surface area contributed by atoms with Crippen LogP contribution in [0, 0.1) is 10.1 Å². The maximum Gasteiger partial charge on any atom is 0.311 e. The Bertz CT molecular complexity index is 614. The van der Waals surface area contributed by atoms with E-state index in [0.717, 1.165) is 45.4 Å². The quantitative estimate of drug-likeness (QED) is 0.457. The van der Waals surface area contributed by atoms with Crippen molar-refractivity contribution in [1.29, 1.82) is 0 Å². The third-order valence-electron chi connectivity index (χ3n) is 5.47. The number of ether oxygens (including phenoxy) is 1. The number of anilines is 1. The van der Waals surface area contributed by atoms with Gasteiger partial charge in [-0.1, -0.05) is 11.6 Å². The van der Waals surface area contributed by atoms with Crippen molar-refractivity contribution in [2.24, 2.45) is 0 Å². The van der Waals surface area contributed by atoms with Crippen LogP contribution in [0.4, 0.5) is 11.5 Å². The van der Waals surface area contributed by atoms with Gasteiger partial charge in [0.25, 0.3) is 0 Å². The lowest BCUT2D eigenvalue weighted by molar-refractivity contribution is -0.384. The number of piperidine rings is 1. The van der Waals surface area contributed by atoms with Crippen molar-refractivity contribution in [3.8, 4) is 0 Å². The van der Waals surface area contributed by atoms with E-state index in [-0.39, 0.29) is 22.7 Å². The molecular formula is C18H27ClN4O3. The first-order chi connectivity index (χ1) is 12.6. The highest BCUT2D eigenvalue weighted by Gasteiger charge is 2.30. The SMILES string of the molecule is CCOC1CCC(N2CCC(Nc3nc(Cl)ccc3[N+](=O)[O-])CC2)CC1. The van der Waals surface area contributed by atoms with E-state index >= 15 is 0 Å². The van der Waals surface area contributed by atoms with E-state index in [1.165, 1.54) is 25.0 Å².